The van der Waals surface area contributed by atoms with Crippen molar-refractivity contribution >= 4 is 23.1 Å². The van der Waals surface area contributed by atoms with Gasteiger partial charge >= 0.3 is 0 Å². The Morgan fingerprint density at radius 2 is 2.31 bits per heavy atom. The van der Waals surface area contributed by atoms with Crippen LogP contribution in [0.1, 0.15) is 9.67 Å². The first-order valence-corrected chi connectivity index (χ1v) is 5.22. The molecule has 16 heavy (non-hydrogen) atoms. The summed E-state index contributed by atoms with van der Waals surface area (Å²) >= 11 is 1.23. The molecule has 2 aromatic heterocycles. The number of rotatable bonds is 3. The molecule has 0 aromatic carbocycles. The van der Waals surface area contributed by atoms with Crippen LogP contribution in [-0.2, 0) is 0 Å². The molecule has 0 aliphatic carbocycles. The van der Waals surface area contributed by atoms with E-state index >= 15 is 0 Å². The number of anilines is 1. The van der Waals surface area contributed by atoms with E-state index in [0.717, 1.165) is 10.6 Å². The van der Waals surface area contributed by atoms with Gasteiger partial charge in [-0.15, -0.1) is 11.3 Å². The van der Waals surface area contributed by atoms with Crippen molar-refractivity contribution in [3.05, 3.63) is 17.0 Å². The number of aromatic amines is 1. The van der Waals surface area contributed by atoms with Gasteiger partial charge in [-0.05, 0) is 0 Å². The van der Waals surface area contributed by atoms with Crippen molar-refractivity contribution < 1.29 is 9.53 Å². The largest absolute Gasteiger partial charge is 0.495 e. The van der Waals surface area contributed by atoms with Crippen LogP contribution in [0.25, 0.3) is 10.6 Å². The van der Waals surface area contributed by atoms with Gasteiger partial charge in [0.05, 0.1) is 17.7 Å². The van der Waals surface area contributed by atoms with E-state index in [9.17, 15) is 4.79 Å². The zero-order valence-corrected chi connectivity index (χ0v) is 9.30. The molecule has 0 atom stereocenters. The lowest BCUT2D eigenvalue weighted by molar-refractivity contribution is 0.100. The van der Waals surface area contributed by atoms with Crippen molar-refractivity contribution in [1.29, 1.82) is 0 Å². The molecule has 0 aliphatic heterocycles. The van der Waals surface area contributed by atoms with Gasteiger partial charge < -0.3 is 16.2 Å². The molecule has 2 aromatic rings. The van der Waals surface area contributed by atoms with E-state index in [1.165, 1.54) is 18.4 Å². The Morgan fingerprint density at radius 3 is 2.75 bits per heavy atom. The van der Waals surface area contributed by atoms with Crippen LogP contribution in [0.5, 0.6) is 5.75 Å². The zero-order chi connectivity index (χ0) is 11.7. The lowest BCUT2D eigenvalue weighted by Gasteiger charge is -1.95. The number of hydrogen-bond acceptors (Lipinski definition) is 5. The molecule has 0 aliphatic rings. The number of methoxy groups -OCH3 is 1. The van der Waals surface area contributed by atoms with Crippen LogP contribution in [0.3, 0.4) is 0 Å². The van der Waals surface area contributed by atoms with Gasteiger partial charge in [-0.2, -0.15) is 5.10 Å². The van der Waals surface area contributed by atoms with Crippen LogP contribution >= 0.6 is 11.3 Å². The topological polar surface area (TPSA) is 107 Å². The number of primary amides is 1. The van der Waals surface area contributed by atoms with Crippen LogP contribution < -0.4 is 16.2 Å². The van der Waals surface area contributed by atoms with Crippen LogP contribution in [-0.4, -0.2) is 23.2 Å². The van der Waals surface area contributed by atoms with Gasteiger partial charge in [0.15, 0.2) is 0 Å². The summed E-state index contributed by atoms with van der Waals surface area (Å²) in [6.45, 7) is 0. The summed E-state index contributed by atoms with van der Waals surface area (Å²) in [4.78, 5) is 12.3. The number of ether oxygens (including phenoxy) is 1. The van der Waals surface area contributed by atoms with E-state index in [1.807, 2.05) is 0 Å². The number of nitrogen functional groups attached to an aromatic ring is 1. The Bertz CT molecular complexity index is 531. The average molecular weight is 238 g/mol. The second-order valence-electron chi connectivity index (χ2n) is 3.08. The minimum Gasteiger partial charge on any atom is -0.495 e. The summed E-state index contributed by atoms with van der Waals surface area (Å²) in [6, 6.07) is 3.40. The van der Waals surface area contributed by atoms with Crippen molar-refractivity contribution in [2.45, 2.75) is 0 Å². The van der Waals surface area contributed by atoms with Crippen molar-refractivity contribution in [3.63, 3.8) is 0 Å². The maximum absolute atomic E-state index is 11.1. The highest BCUT2D eigenvalue weighted by atomic mass is 32.1. The highest BCUT2D eigenvalue weighted by molar-refractivity contribution is 7.17. The molecule has 0 saturated heterocycles. The minimum atomic E-state index is -0.513. The van der Waals surface area contributed by atoms with Gasteiger partial charge in [-0.25, -0.2) is 0 Å². The molecule has 6 nitrogen and oxygen atoms in total. The Kier molecular flexibility index (Phi) is 2.53. The average Bonchev–Trinajstić information content (AvgIpc) is 2.82. The number of amides is 1. The second kappa shape index (κ2) is 3.86. The summed E-state index contributed by atoms with van der Waals surface area (Å²) in [5.41, 5.74) is 11.5. The quantitative estimate of drug-likeness (QED) is 0.736. The summed E-state index contributed by atoms with van der Waals surface area (Å²) in [6.07, 6.45) is 0. The van der Waals surface area contributed by atoms with E-state index < -0.39 is 5.91 Å². The lowest BCUT2D eigenvalue weighted by atomic mass is 10.3. The van der Waals surface area contributed by atoms with Crippen molar-refractivity contribution in [2.24, 2.45) is 5.73 Å². The molecule has 5 N–H and O–H groups in total. The standard InChI is InChI=1S/C9H10N4O2S/c1-15-5-3-6(16-8(5)9(11)14)4-2-7(10)13-12-4/h2-3H,1H3,(H2,11,14)(H3,10,12,13). The first-order chi connectivity index (χ1) is 7.61. The van der Waals surface area contributed by atoms with Crippen molar-refractivity contribution in [2.75, 3.05) is 12.8 Å². The number of nitrogens with one attached hydrogen (secondary N) is 1. The Morgan fingerprint density at radius 1 is 1.56 bits per heavy atom. The predicted molar refractivity (Wildman–Crippen MR) is 61.4 cm³/mol. The molecule has 2 heterocycles. The first-order valence-electron chi connectivity index (χ1n) is 4.40. The van der Waals surface area contributed by atoms with E-state index in [0.29, 0.717) is 16.4 Å². The highest BCUT2D eigenvalue weighted by Crippen LogP contribution is 2.35. The molecule has 0 fully saturated rings. The van der Waals surface area contributed by atoms with Gasteiger partial charge in [0.25, 0.3) is 5.91 Å². The highest BCUT2D eigenvalue weighted by Gasteiger charge is 2.16. The molecule has 0 spiro atoms. The van der Waals surface area contributed by atoms with E-state index in [1.54, 1.807) is 12.1 Å². The maximum Gasteiger partial charge on any atom is 0.262 e. The van der Waals surface area contributed by atoms with Gasteiger partial charge in [-0.1, -0.05) is 0 Å². The number of nitrogens with zero attached hydrogens (tertiary/aromatic N) is 1. The minimum absolute atomic E-state index is 0.380. The zero-order valence-electron chi connectivity index (χ0n) is 8.48. The normalized spacial score (nSPS) is 10.3. The molecule has 0 radical (unpaired) electrons. The summed E-state index contributed by atoms with van der Waals surface area (Å²) in [5.74, 6) is 0.337. The van der Waals surface area contributed by atoms with Gasteiger partial charge in [0, 0.05) is 12.1 Å². The molecular weight excluding hydrogens is 228 g/mol. The molecule has 2 rings (SSSR count). The fraction of sp³-hybridized carbons (Fsp3) is 0.111. The van der Waals surface area contributed by atoms with E-state index in [-0.39, 0.29) is 0 Å². The van der Waals surface area contributed by atoms with Crippen LogP contribution in [0.4, 0.5) is 5.82 Å². The van der Waals surface area contributed by atoms with E-state index in [2.05, 4.69) is 10.2 Å². The summed E-state index contributed by atoms with van der Waals surface area (Å²) in [5, 5.41) is 6.56. The fourth-order valence-electron chi connectivity index (χ4n) is 1.29. The number of hydrogen-bond donors (Lipinski definition) is 3. The monoisotopic (exact) mass is 238 g/mol. The maximum atomic E-state index is 11.1. The predicted octanol–water partition coefficient (Wildman–Crippen LogP) is 0.828. The number of nitrogens with two attached hydrogens (primary N) is 2. The smallest absolute Gasteiger partial charge is 0.262 e. The molecular formula is C9H10N4O2S. The molecule has 84 valence electrons. The van der Waals surface area contributed by atoms with E-state index in [4.69, 9.17) is 16.2 Å². The molecule has 1 amide bonds. The number of thiophene rings is 1. The second-order valence-corrected chi connectivity index (χ2v) is 4.13. The van der Waals surface area contributed by atoms with Crippen molar-refractivity contribution in [3.8, 4) is 16.3 Å². The SMILES string of the molecule is COc1cc(-c2cc(N)n[nH]2)sc1C(N)=O. The van der Waals surface area contributed by atoms with Gasteiger partial charge in [-0.3, -0.25) is 9.89 Å². The Hall–Kier alpha value is -2.02. The molecule has 0 unspecified atom stereocenters. The first kappa shape index (κ1) is 10.5. The van der Waals surface area contributed by atoms with Crippen LogP contribution in [0.2, 0.25) is 0 Å². The van der Waals surface area contributed by atoms with Crippen molar-refractivity contribution in [1.82, 2.24) is 10.2 Å². The number of carbonyl (C=O) groups is 1. The molecule has 7 heteroatoms. The Balaban J connectivity index is 2.47. The number of aromatic nitrogens is 2. The lowest BCUT2D eigenvalue weighted by Crippen LogP contribution is -2.09. The van der Waals surface area contributed by atoms with Gasteiger partial charge in [0.2, 0.25) is 0 Å². The number of carbonyl (C=O) groups excluding carboxylic acids is 1. The summed E-state index contributed by atoms with van der Waals surface area (Å²) in [7, 11) is 1.49. The third-order valence-corrected chi connectivity index (χ3v) is 3.17. The van der Waals surface area contributed by atoms with Crippen LogP contribution in [0, 0.1) is 0 Å². The summed E-state index contributed by atoms with van der Waals surface area (Å²) < 4.78 is 5.06. The number of H-pyrrole nitrogens is 1. The third kappa shape index (κ3) is 1.72. The van der Waals surface area contributed by atoms with Gasteiger partial charge in [0.1, 0.15) is 16.4 Å². The fourth-order valence-corrected chi connectivity index (χ4v) is 2.24. The Labute approximate surface area is 95.2 Å². The molecule has 0 saturated carbocycles. The third-order valence-electron chi connectivity index (χ3n) is 2.00. The molecule has 0 bridgehead atoms. The van der Waals surface area contributed by atoms with Crippen LogP contribution in [0.15, 0.2) is 12.1 Å².